The highest BCUT2D eigenvalue weighted by Crippen LogP contribution is 2.27. The Balaban J connectivity index is 1.39. The van der Waals surface area contributed by atoms with Crippen LogP contribution in [-0.4, -0.2) is 28.0 Å². The number of rotatable bonds is 6. The van der Waals surface area contributed by atoms with E-state index in [0.717, 1.165) is 36.8 Å². The third kappa shape index (κ3) is 4.99. The van der Waals surface area contributed by atoms with Crippen LogP contribution >= 0.6 is 0 Å². The average molecular weight is 387 g/mol. The monoisotopic (exact) mass is 387 g/mol. The third-order valence-electron chi connectivity index (χ3n) is 5.36. The van der Waals surface area contributed by atoms with Gasteiger partial charge in [-0.1, -0.05) is 60.7 Å². The zero-order valence-corrected chi connectivity index (χ0v) is 16.3. The van der Waals surface area contributed by atoms with Crippen molar-refractivity contribution in [3.8, 4) is 6.01 Å². The summed E-state index contributed by atoms with van der Waals surface area (Å²) in [7, 11) is 0. The van der Waals surface area contributed by atoms with Gasteiger partial charge >= 0.3 is 6.01 Å². The van der Waals surface area contributed by atoms with E-state index in [1.54, 1.807) is 18.5 Å². The molecule has 0 saturated heterocycles. The molecule has 0 aliphatic heterocycles. The van der Waals surface area contributed by atoms with E-state index >= 15 is 0 Å². The summed E-state index contributed by atoms with van der Waals surface area (Å²) in [6, 6.07) is 22.3. The molecule has 5 nitrogen and oxygen atoms in total. The zero-order valence-electron chi connectivity index (χ0n) is 16.3. The lowest BCUT2D eigenvalue weighted by molar-refractivity contribution is -0.122. The first kappa shape index (κ1) is 19.1. The lowest BCUT2D eigenvalue weighted by atomic mass is 9.88. The molecule has 0 bridgehead atoms. The molecule has 2 aromatic carbocycles. The van der Waals surface area contributed by atoms with Crippen molar-refractivity contribution in [3.63, 3.8) is 0 Å². The molecule has 3 aromatic rings. The summed E-state index contributed by atoms with van der Waals surface area (Å²) >= 11 is 0. The van der Waals surface area contributed by atoms with Crippen LogP contribution in [0.1, 0.15) is 42.7 Å². The molecular formula is C24H25N3O2. The van der Waals surface area contributed by atoms with Crippen LogP contribution in [0.15, 0.2) is 79.1 Å². The summed E-state index contributed by atoms with van der Waals surface area (Å²) in [5.41, 5.74) is 2.02. The maximum Gasteiger partial charge on any atom is 0.316 e. The molecule has 1 saturated carbocycles. The van der Waals surface area contributed by atoms with Crippen molar-refractivity contribution in [2.75, 3.05) is 0 Å². The molecular weight excluding hydrogens is 362 g/mol. The molecule has 0 atom stereocenters. The molecule has 1 amide bonds. The van der Waals surface area contributed by atoms with E-state index in [9.17, 15) is 4.79 Å². The molecule has 148 valence electrons. The Morgan fingerprint density at radius 1 is 0.828 bits per heavy atom. The second-order valence-electron chi connectivity index (χ2n) is 7.39. The lowest BCUT2D eigenvalue weighted by Gasteiger charge is -2.30. The van der Waals surface area contributed by atoms with E-state index in [-0.39, 0.29) is 24.0 Å². The van der Waals surface area contributed by atoms with Crippen molar-refractivity contribution in [1.29, 1.82) is 0 Å². The number of hydrogen-bond donors (Lipinski definition) is 1. The Kier molecular flexibility index (Phi) is 6.15. The first-order valence-corrected chi connectivity index (χ1v) is 10.1. The molecule has 29 heavy (non-hydrogen) atoms. The van der Waals surface area contributed by atoms with Crippen LogP contribution in [0.5, 0.6) is 6.01 Å². The molecule has 5 heteroatoms. The van der Waals surface area contributed by atoms with Crippen molar-refractivity contribution in [2.24, 2.45) is 0 Å². The molecule has 0 spiro atoms. The van der Waals surface area contributed by atoms with Gasteiger partial charge in [0.15, 0.2) is 0 Å². The second-order valence-corrected chi connectivity index (χ2v) is 7.39. The highest BCUT2D eigenvalue weighted by atomic mass is 16.5. The normalized spacial score (nSPS) is 18.9. The molecule has 1 heterocycles. The molecule has 1 fully saturated rings. The number of amides is 1. The average Bonchev–Trinajstić information content (AvgIpc) is 2.78. The van der Waals surface area contributed by atoms with Crippen LogP contribution in [0.4, 0.5) is 0 Å². The number of carbonyl (C=O) groups is 1. The SMILES string of the molecule is O=C(NC1CCC(Oc2ncccn2)CC1)C(c1ccccc1)c1ccccc1. The minimum Gasteiger partial charge on any atom is -0.460 e. The molecule has 0 radical (unpaired) electrons. The van der Waals surface area contributed by atoms with E-state index in [4.69, 9.17) is 4.74 Å². The Hall–Kier alpha value is -3.21. The van der Waals surface area contributed by atoms with Gasteiger partial charge < -0.3 is 10.1 Å². The van der Waals surface area contributed by atoms with E-state index in [0.29, 0.717) is 6.01 Å². The van der Waals surface area contributed by atoms with Crippen LogP contribution in [0.3, 0.4) is 0 Å². The lowest BCUT2D eigenvalue weighted by Crippen LogP contribution is -2.42. The highest BCUT2D eigenvalue weighted by Gasteiger charge is 2.28. The number of aromatic nitrogens is 2. The van der Waals surface area contributed by atoms with Gasteiger partial charge in [0.1, 0.15) is 6.10 Å². The van der Waals surface area contributed by atoms with Crippen LogP contribution in [0, 0.1) is 0 Å². The van der Waals surface area contributed by atoms with E-state index in [1.807, 2.05) is 60.7 Å². The van der Waals surface area contributed by atoms with Gasteiger partial charge in [-0.2, -0.15) is 0 Å². The van der Waals surface area contributed by atoms with Gasteiger partial charge in [-0.05, 0) is 42.9 Å². The topological polar surface area (TPSA) is 64.1 Å². The van der Waals surface area contributed by atoms with Crippen molar-refractivity contribution < 1.29 is 9.53 Å². The summed E-state index contributed by atoms with van der Waals surface area (Å²) in [5, 5.41) is 3.27. The predicted octanol–water partition coefficient (Wildman–Crippen LogP) is 4.11. The molecule has 0 unspecified atom stereocenters. The van der Waals surface area contributed by atoms with Crippen LogP contribution in [0.2, 0.25) is 0 Å². The Bertz CT molecular complexity index is 856. The number of carbonyl (C=O) groups excluding carboxylic acids is 1. The predicted molar refractivity (Wildman–Crippen MR) is 112 cm³/mol. The van der Waals surface area contributed by atoms with Gasteiger partial charge in [0, 0.05) is 18.4 Å². The van der Waals surface area contributed by atoms with Crippen LogP contribution in [0.25, 0.3) is 0 Å². The first-order chi connectivity index (χ1) is 14.3. The minimum atomic E-state index is -0.302. The van der Waals surface area contributed by atoms with Crippen molar-refractivity contribution in [3.05, 3.63) is 90.3 Å². The van der Waals surface area contributed by atoms with Gasteiger partial charge in [-0.15, -0.1) is 0 Å². The first-order valence-electron chi connectivity index (χ1n) is 10.1. The molecule has 1 N–H and O–H groups in total. The Labute approximate surface area is 171 Å². The summed E-state index contributed by atoms with van der Waals surface area (Å²) in [6.45, 7) is 0. The van der Waals surface area contributed by atoms with E-state index < -0.39 is 0 Å². The van der Waals surface area contributed by atoms with Crippen molar-refractivity contribution in [1.82, 2.24) is 15.3 Å². The number of nitrogens with zero attached hydrogens (tertiary/aromatic N) is 2. The Morgan fingerprint density at radius 3 is 1.93 bits per heavy atom. The summed E-state index contributed by atoms with van der Waals surface area (Å²) in [5.74, 6) is -0.248. The summed E-state index contributed by atoms with van der Waals surface area (Å²) in [6.07, 6.45) is 7.00. The van der Waals surface area contributed by atoms with Gasteiger partial charge in [0.25, 0.3) is 0 Å². The van der Waals surface area contributed by atoms with Gasteiger partial charge in [0.2, 0.25) is 5.91 Å². The fraction of sp³-hybridized carbons (Fsp3) is 0.292. The molecule has 4 rings (SSSR count). The number of benzene rings is 2. The Morgan fingerprint density at radius 2 is 1.38 bits per heavy atom. The van der Waals surface area contributed by atoms with Crippen LogP contribution < -0.4 is 10.1 Å². The largest absolute Gasteiger partial charge is 0.460 e. The minimum absolute atomic E-state index is 0.0539. The standard InChI is InChI=1S/C24H25N3O2/c28-23(22(18-8-3-1-4-9-18)19-10-5-2-6-11-19)27-20-12-14-21(15-13-20)29-24-25-16-7-17-26-24/h1-11,16-17,20-22H,12-15H2,(H,27,28). The van der Waals surface area contributed by atoms with Gasteiger partial charge in [-0.25, -0.2) is 9.97 Å². The van der Waals surface area contributed by atoms with Crippen LogP contribution in [-0.2, 0) is 4.79 Å². The molecule has 1 aliphatic rings. The van der Waals surface area contributed by atoms with Gasteiger partial charge in [0.05, 0.1) is 5.92 Å². The second kappa shape index (κ2) is 9.32. The van der Waals surface area contributed by atoms with Gasteiger partial charge in [-0.3, -0.25) is 4.79 Å². The highest BCUT2D eigenvalue weighted by molar-refractivity contribution is 5.87. The maximum absolute atomic E-state index is 13.2. The summed E-state index contributed by atoms with van der Waals surface area (Å²) in [4.78, 5) is 21.5. The number of ether oxygens (including phenoxy) is 1. The maximum atomic E-state index is 13.2. The number of hydrogen-bond acceptors (Lipinski definition) is 4. The smallest absolute Gasteiger partial charge is 0.316 e. The molecule has 1 aliphatic carbocycles. The van der Waals surface area contributed by atoms with Crippen molar-refractivity contribution in [2.45, 2.75) is 43.7 Å². The quantitative estimate of drug-likeness (QED) is 0.691. The van der Waals surface area contributed by atoms with E-state index in [1.165, 1.54) is 0 Å². The third-order valence-corrected chi connectivity index (χ3v) is 5.36. The fourth-order valence-electron chi connectivity index (χ4n) is 3.89. The number of nitrogens with one attached hydrogen (secondary N) is 1. The fourth-order valence-corrected chi connectivity index (χ4v) is 3.89. The van der Waals surface area contributed by atoms with Crippen molar-refractivity contribution >= 4 is 5.91 Å². The molecule has 1 aromatic heterocycles. The van der Waals surface area contributed by atoms with E-state index in [2.05, 4.69) is 15.3 Å². The zero-order chi connectivity index (χ0) is 19.9. The summed E-state index contributed by atoms with van der Waals surface area (Å²) < 4.78 is 5.86.